The van der Waals surface area contributed by atoms with Crippen molar-refractivity contribution >= 4 is 0 Å². The summed E-state index contributed by atoms with van der Waals surface area (Å²) >= 11 is 0. The van der Waals surface area contributed by atoms with E-state index in [4.69, 9.17) is 4.74 Å². The third kappa shape index (κ3) is 1.52. The molecule has 19 heavy (non-hydrogen) atoms. The number of benzene rings is 1. The smallest absolute Gasteiger partial charge is 0.145 e. The van der Waals surface area contributed by atoms with Crippen LogP contribution in [0.1, 0.15) is 5.69 Å². The first-order valence-electron chi connectivity index (χ1n) is 6.00. The lowest BCUT2D eigenvalue weighted by Gasteiger charge is -2.18. The fraction of sp³-hybridized carbons (Fsp3) is 0.0714. The minimum Gasteiger partial charge on any atom is -0.485 e. The molecule has 0 spiro atoms. The van der Waals surface area contributed by atoms with Gasteiger partial charge in [-0.2, -0.15) is 0 Å². The average Bonchev–Trinajstić information content (AvgIpc) is 2.92. The molecule has 0 amide bonds. The van der Waals surface area contributed by atoms with Crippen molar-refractivity contribution in [3.05, 3.63) is 54.5 Å². The zero-order chi connectivity index (χ0) is 12.7. The molecule has 0 saturated heterocycles. The summed E-state index contributed by atoms with van der Waals surface area (Å²) in [5, 5.41) is 8.49. The fourth-order valence-corrected chi connectivity index (χ4v) is 2.25. The Morgan fingerprint density at radius 3 is 2.95 bits per heavy atom. The molecule has 0 fully saturated rings. The molecule has 92 valence electrons. The van der Waals surface area contributed by atoms with Gasteiger partial charge < -0.3 is 4.74 Å². The van der Waals surface area contributed by atoms with Crippen LogP contribution in [0.4, 0.5) is 0 Å². The van der Waals surface area contributed by atoms with Gasteiger partial charge in [0, 0.05) is 18.0 Å². The SMILES string of the molecule is c1cncc(-c2nnn3c2COc2ccccc2-3)c1. The lowest BCUT2D eigenvalue weighted by molar-refractivity contribution is 0.282. The van der Waals surface area contributed by atoms with Gasteiger partial charge >= 0.3 is 0 Å². The van der Waals surface area contributed by atoms with Crippen LogP contribution in [0.3, 0.4) is 0 Å². The Bertz CT molecular complexity index is 723. The number of ether oxygens (including phenoxy) is 1. The minimum absolute atomic E-state index is 0.467. The molecule has 3 aromatic rings. The van der Waals surface area contributed by atoms with Crippen LogP contribution in [0.2, 0.25) is 0 Å². The van der Waals surface area contributed by atoms with Gasteiger partial charge in [0.25, 0.3) is 0 Å². The average molecular weight is 250 g/mol. The van der Waals surface area contributed by atoms with Crippen molar-refractivity contribution in [3.8, 4) is 22.7 Å². The number of aromatic nitrogens is 4. The Morgan fingerprint density at radius 2 is 2.05 bits per heavy atom. The van der Waals surface area contributed by atoms with E-state index < -0.39 is 0 Å². The van der Waals surface area contributed by atoms with E-state index in [1.807, 2.05) is 41.1 Å². The van der Waals surface area contributed by atoms with E-state index in [0.717, 1.165) is 28.4 Å². The molecule has 5 heteroatoms. The van der Waals surface area contributed by atoms with Crippen molar-refractivity contribution in [1.29, 1.82) is 0 Å². The summed E-state index contributed by atoms with van der Waals surface area (Å²) in [5.41, 5.74) is 3.65. The lowest BCUT2D eigenvalue weighted by atomic mass is 10.1. The predicted octanol–water partition coefficient (Wildman–Crippen LogP) is 2.22. The third-order valence-electron chi connectivity index (χ3n) is 3.16. The van der Waals surface area contributed by atoms with Crippen molar-refractivity contribution in [2.45, 2.75) is 6.61 Å². The molecule has 0 bridgehead atoms. The van der Waals surface area contributed by atoms with Crippen LogP contribution in [0.5, 0.6) is 5.75 Å². The second kappa shape index (κ2) is 3.91. The number of nitrogens with zero attached hydrogens (tertiary/aromatic N) is 4. The highest BCUT2D eigenvalue weighted by Crippen LogP contribution is 2.32. The summed E-state index contributed by atoms with van der Waals surface area (Å²) in [6, 6.07) is 11.7. The highest BCUT2D eigenvalue weighted by molar-refractivity contribution is 5.62. The van der Waals surface area contributed by atoms with Crippen LogP contribution in [0.15, 0.2) is 48.8 Å². The summed E-state index contributed by atoms with van der Waals surface area (Å²) in [6.07, 6.45) is 3.52. The van der Waals surface area contributed by atoms with E-state index in [1.165, 1.54) is 0 Å². The second-order valence-corrected chi connectivity index (χ2v) is 4.29. The summed E-state index contributed by atoms with van der Waals surface area (Å²) in [7, 11) is 0. The third-order valence-corrected chi connectivity index (χ3v) is 3.16. The highest BCUT2D eigenvalue weighted by atomic mass is 16.5. The van der Waals surface area contributed by atoms with Crippen LogP contribution < -0.4 is 4.74 Å². The molecule has 2 aromatic heterocycles. The first-order chi connectivity index (χ1) is 9.43. The molecule has 4 rings (SSSR count). The topological polar surface area (TPSA) is 52.8 Å². The van der Waals surface area contributed by atoms with Crippen molar-refractivity contribution in [1.82, 2.24) is 20.0 Å². The molecule has 0 saturated carbocycles. The van der Waals surface area contributed by atoms with Gasteiger partial charge in [-0.3, -0.25) is 4.98 Å². The first-order valence-corrected chi connectivity index (χ1v) is 6.00. The van der Waals surface area contributed by atoms with E-state index in [2.05, 4.69) is 15.3 Å². The maximum atomic E-state index is 5.75. The van der Waals surface area contributed by atoms with Crippen LogP contribution in [0, 0.1) is 0 Å². The minimum atomic E-state index is 0.467. The quantitative estimate of drug-likeness (QED) is 0.664. The predicted molar refractivity (Wildman–Crippen MR) is 68.9 cm³/mol. The van der Waals surface area contributed by atoms with Crippen molar-refractivity contribution in [3.63, 3.8) is 0 Å². The van der Waals surface area contributed by atoms with Gasteiger partial charge in [0.2, 0.25) is 0 Å². The first kappa shape index (κ1) is 10.3. The summed E-state index contributed by atoms with van der Waals surface area (Å²) in [4.78, 5) is 4.12. The second-order valence-electron chi connectivity index (χ2n) is 4.29. The zero-order valence-corrected chi connectivity index (χ0v) is 10.0. The highest BCUT2D eigenvalue weighted by Gasteiger charge is 2.22. The van der Waals surface area contributed by atoms with Crippen LogP contribution in [0.25, 0.3) is 16.9 Å². The molecule has 3 heterocycles. The molecule has 0 N–H and O–H groups in total. The summed E-state index contributed by atoms with van der Waals surface area (Å²) in [5.74, 6) is 0.831. The van der Waals surface area contributed by atoms with E-state index in [-0.39, 0.29) is 0 Å². The Morgan fingerprint density at radius 1 is 1.11 bits per heavy atom. The van der Waals surface area contributed by atoms with Gasteiger partial charge in [0.05, 0.1) is 0 Å². The Labute approximate surface area is 109 Å². The molecule has 0 aliphatic carbocycles. The number of fused-ring (bicyclic) bond motifs is 3. The fourth-order valence-electron chi connectivity index (χ4n) is 2.25. The van der Waals surface area contributed by atoms with Crippen LogP contribution >= 0.6 is 0 Å². The number of pyridine rings is 1. The number of hydrogen-bond acceptors (Lipinski definition) is 4. The maximum Gasteiger partial charge on any atom is 0.145 e. The van der Waals surface area contributed by atoms with Gasteiger partial charge in [0.1, 0.15) is 29.4 Å². The van der Waals surface area contributed by atoms with Gasteiger partial charge in [-0.25, -0.2) is 4.68 Å². The van der Waals surface area contributed by atoms with E-state index in [9.17, 15) is 0 Å². The molecular formula is C14H10N4O. The molecule has 1 aliphatic rings. The number of hydrogen-bond donors (Lipinski definition) is 0. The Hall–Kier alpha value is -2.69. The molecular weight excluding hydrogens is 240 g/mol. The van der Waals surface area contributed by atoms with Crippen molar-refractivity contribution in [2.75, 3.05) is 0 Å². The standard InChI is InChI=1S/C14H10N4O/c1-2-6-13-11(5-1)18-12(9-19-13)14(16-17-18)10-4-3-7-15-8-10/h1-8H,9H2. The Balaban J connectivity index is 1.91. The number of para-hydroxylation sites is 2. The largest absolute Gasteiger partial charge is 0.485 e. The molecule has 0 atom stereocenters. The monoisotopic (exact) mass is 250 g/mol. The molecule has 0 unspecified atom stereocenters. The van der Waals surface area contributed by atoms with Gasteiger partial charge in [-0.05, 0) is 24.3 Å². The van der Waals surface area contributed by atoms with Crippen molar-refractivity contribution in [2.24, 2.45) is 0 Å². The molecule has 1 aliphatic heterocycles. The summed E-state index contributed by atoms with van der Waals surface area (Å²) in [6.45, 7) is 0.467. The summed E-state index contributed by atoms with van der Waals surface area (Å²) < 4.78 is 7.58. The van der Waals surface area contributed by atoms with Gasteiger partial charge in [-0.1, -0.05) is 17.3 Å². The lowest BCUT2D eigenvalue weighted by Crippen LogP contribution is -2.13. The van der Waals surface area contributed by atoms with E-state index >= 15 is 0 Å². The number of rotatable bonds is 1. The Kier molecular flexibility index (Phi) is 2.11. The molecule has 1 aromatic carbocycles. The zero-order valence-electron chi connectivity index (χ0n) is 10.0. The van der Waals surface area contributed by atoms with Crippen molar-refractivity contribution < 1.29 is 4.74 Å². The van der Waals surface area contributed by atoms with E-state index in [0.29, 0.717) is 6.61 Å². The maximum absolute atomic E-state index is 5.75. The van der Waals surface area contributed by atoms with Gasteiger partial charge in [0.15, 0.2) is 0 Å². The normalized spacial score (nSPS) is 12.4. The van der Waals surface area contributed by atoms with Crippen LogP contribution in [-0.2, 0) is 6.61 Å². The van der Waals surface area contributed by atoms with E-state index in [1.54, 1.807) is 12.4 Å². The molecule has 5 nitrogen and oxygen atoms in total. The van der Waals surface area contributed by atoms with Crippen LogP contribution in [-0.4, -0.2) is 20.0 Å². The van der Waals surface area contributed by atoms with Gasteiger partial charge in [-0.15, -0.1) is 5.10 Å². The molecule has 0 radical (unpaired) electrons.